The molecule has 0 spiro atoms. The van der Waals surface area contributed by atoms with Crippen molar-refractivity contribution in [2.24, 2.45) is 17.6 Å². The quantitative estimate of drug-likeness (QED) is 0.0582. The van der Waals surface area contributed by atoms with Gasteiger partial charge in [-0.25, -0.2) is 14.3 Å². The molecule has 230 valence electrons. The van der Waals surface area contributed by atoms with Gasteiger partial charge < -0.3 is 36.7 Å². The first kappa shape index (κ1) is 30.8. The number of thioether (sulfide) groups is 2. The number of nitrogens with zero attached hydrogens (tertiary/aromatic N) is 5. The van der Waals surface area contributed by atoms with E-state index < -0.39 is 46.2 Å². The number of β-lactam (4-membered cyclic amide) rings is 1. The second-order valence-electron chi connectivity index (χ2n) is 10.7. The lowest BCUT2D eigenvalue weighted by atomic mass is 9.85. The maximum Gasteiger partial charge on any atom is 0.361 e. The predicted molar refractivity (Wildman–Crippen MR) is 158 cm³/mol. The number of carbonyl (C=O) groups excluding carboxylic acids is 2. The monoisotopic (exact) mass is 651 g/mol. The highest BCUT2D eigenvalue weighted by molar-refractivity contribution is 8.00. The number of thiazole rings is 1. The van der Waals surface area contributed by atoms with Gasteiger partial charge in [0.1, 0.15) is 22.5 Å². The third-order valence-corrected chi connectivity index (χ3v) is 11.3. The van der Waals surface area contributed by atoms with Crippen molar-refractivity contribution in [3.8, 4) is 0 Å². The Morgan fingerprint density at radius 2 is 1.98 bits per heavy atom. The van der Waals surface area contributed by atoms with Gasteiger partial charge in [-0.05, 0) is 29.6 Å². The summed E-state index contributed by atoms with van der Waals surface area (Å²) in [6.45, 7) is -0.0436. The van der Waals surface area contributed by atoms with E-state index in [4.69, 9.17) is 16.3 Å². The fourth-order valence-corrected chi connectivity index (χ4v) is 8.51. The molecule has 2 unspecified atom stereocenters. The second-order valence-corrected chi connectivity index (χ2v) is 13.6. The number of rotatable bonds is 10. The molecule has 0 radical (unpaired) electrons. The Labute approximate surface area is 258 Å². The Hall–Kier alpha value is -3.64. The smallest absolute Gasteiger partial charge is 0.361 e. The van der Waals surface area contributed by atoms with Gasteiger partial charge >= 0.3 is 17.1 Å². The van der Waals surface area contributed by atoms with Crippen molar-refractivity contribution < 1.29 is 38.8 Å². The van der Waals surface area contributed by atoms with E-state index in [0.29, 0.717) is 23.8 Å². The number of nitrogens with one attached hydrogen (secondary N) is 1. The summed E-state index contributed by atoms with van der Waals surface area (Å²) in [5.74, 6) is -2.79. The van der Waals surface area contributed by atoms with Gasteiger partial charge in [-0.1, -0.05) is 11.6 Å². The summed E-state index contributed by atoms with van der Waals surface area (Å²) in [6, 6.07) is 0.687. The zero-order valence-electron chi connectivity index (χ0n) is 23.1. The van der Waals surface area contributed by atoms with E-state index in [2.05, 4.69) is 20.4 Å². The van der Waals surface area contributed by atoms with Crippen molar-refractivity contribution in [3.05, 3.63) is 23.3 Å². The Balaban J connectivity index is 1.29. The van der Waals surface area contributed by atoms with Crippen LogP contribution in [0.4, 0.5) is 10.9 Å². The highest BCUT2D eigenvalue weighted by atomic mass is 32.2. The minimum atomic E-state index is -1.57. The van der Waals surface area contributed by atoms with Crippen molar-refractivity contribution in [1.82, 2.24) is 20.2 Å². The first-order valence-corrected chi connectivity index (χ1v) is 16.3. The zero-order valence-corrected chi connectivity index (χ0v) is 25.5. The number of aliphatic carboxylic acids is 2. The molecule has 2 amide bonds. The lowest BCUT2D eigenvalue weighted by Crippen LogP contribution is -2.74. The van der Waals surface area contributed by atoms with Crippen LogP contribution in [0.15, 0.2) is 28.0 Å². The van der Waals surface area contributed by atoms with Gasteiger partial charge in [0.25, 0.3) is 5.91 Å². The van der Waals surface area contributed by atoms with Crippen LogP contribution in [0.2, 0.25) is 0 Å². The van der Waals surface area contributed by atoms with Crippen LogP contribution in [0, 0.1) is 5.41 Å². The minimum Gasteiger partial charge on any atom is -0.481 e. The van der Waals surface area contributed by atoms with Gasteiger partial charge in [-0.2, -0.15) is 0 Å². The summed E-state index contributed by atoms with van der Waals surface area (Å²) in [5, 5.41) is 28.3. The van der Waals surface area contributed by atoms with Crippen LogP contribution >= 0.6 is 34.9 Å². The molecule has 15 nitrogen and oxygen atoms in total. The number of aromatic nitrogens is 3. The molecule has 3 fully saturated rings. The van der Waals surface area contributed by atoms with Crippen LogP contribution in [0.5, 0.6) is 0 Å². The van der Waals surface area contributed by atoms with Crippen molar-refractivity contribution in [3.63, 3.8) is 0 Å². The average Bonchev–Trinajstić information content (AvgIpc) is 3.42. The summed E-state index contributed by atoms with van der Waals surface area (Å²) < 4.78 is 1.74. The lowest BCUT2D eigenvalue weighted by Gasteiger charge is -2.53. The number of hydrogen-bond donors (Lipinski definition) is 5. The molecular formula is C25H31N8O7S3+. The summed E-state index contributed by atoms with van der Waals surface area (Å²) in [7, 11) is 1.78. The van der Waals surface area contributed by atoms with Crippen LogP contribution in [-0.2, 0) is 31.1 Å². The SMILES string of the molecule is C[n+]1ccc(N)nc1SCC1(C(=O)O)CS[C@@H]2C(NC(=O)C(=NOC3(C(=O)O)CCCCC3)c3csc(N)n3)C(=O)N2C1. The Morgan fingerprint density at radius 3 is 2.63 bits per heavy atom. The minimum absolute atomic E-state index is 0.0436. The Bertz CT molecular complexity index is 1480. The molecular weight excluding hydrogens is 621 g/mol. The summed E-state index contributed by atoms with van der Waals surface area (Å²) in [4.78, 5) is 66.5. The van der Waals surface area contributed by atoms with Crippen LogP contribution < -0.4 is 21.4 Å². The fourth-order valence-electron chi connectivity index (χ4n) is 5.13. The molecule has 18 heteroatoms. The Morgan fingerprint density at radius 1 is 1.23 bits per heavy atom. The molecule has 2 aromatic rings. The molecule has 3 aliphatic rings. The number of nitrogens with two attached hydrogens (primary N) is 2. The predicted octanol–water partition coefficient (Wildman–Crippen LogP) is 0.298. The number of fused-ring (bicyclic) bond motifs is 1. The maximum atomic E-state index is 13.4. The number of hydrogen-bond acceptors (Lipinski definition) is 13. The molecule has 1 aliphatic carbocycles. The van der Waals surface area contributed by atoms with Crippen molar-refractivity contribution in [2.75, 3.05) is 29.5 Å². The third kappa shape index (κ3) is 6.08. The summed E-state index contributed by atoms with van der Waals surface area (Å²) in [6.07, 6.45) is 4.37. The topological polar surface area (TPSA) is 227 Å². The molecule has 4 heterocycles. The summed E-state index contributed by atoms with van der Waals surface area (Å²) >= 11 is 3.56. The normalized spacial score (nSPS) is 24.9. The van der Waals surface area contributed by atoms with Crippen molar-refractivity contribution in [1.29, 1.82) is 0 Å². The number of carboxylic acids is 2. The van der Waals surface area contributed by atoms with E-state index in [1.54, 1.807) is 23.9 Å². The number of carbonyl (C=O) groups is 4. The van der Waals surface area contributed by atoms with E-state index >= 15 is 0 Å². The molecule has 0 bridgehead atoms. The van der Waals surface area contributed by atoms with Crippen LogP contribution in [0.3, 0.4) is 0 Å². The van der Waals surface area contributed by atoms with Crippen LogP contribution in [0.25, 0.3) is 0 Å². The van der Waals surface area contributed by atoms with Crippen molar-refractivity contribution >= 4 is 75.3 Å². The van der Waals surface area contributed by atoms with E-state index in [-0.39, 0.29) is 47.4 Å². The molecule has 0 aromatic carbocycles. The number of amides is 2. The van der Waals surface area contributed by atoms with Gasteiger partial charge in [0.15, 0.2) is 10.8 Å². The standard InChI is InChI=1S/C25H30N8O7S3/c1-32-8-5-14(26)29-23(32)43-12-24(20(36)37)10-33-18(35)16(19(33)42-11-24)30-17(34)15(13-9-41-22(27)28-13)31-40-25(21(38)39)6-3-2-4-7-25/h5,8-9,16,19,26H,2-4,6-7,10-12H2,1H3,(H5,27,28,30,34,36,37,38,39)/p+1/t16?,19-,24?/m1/s1. The third-order valence-electron chi connectivity index (χ3n) is 7.70. The molecule has 43 heavy (non-hydrogen) atoms. The Kier molecular flexibility index (Phi) is 8.71. The van der Waals surface area contributed by atoms with E-state index in [1.807, 2.05) is 0 Å². The molecule has 2 aliphatic heterocycles. The van der Waals surface area contributed by atoms with E-state index in [0.717, 1.165) is 17.8 Å². The van der Waals surface area contributed by atoms with Crippen molar-refractivity contribution in [2.45, 2.75) is 54.3 Å². The van der Waals surface area contributed by atoms with Crippen LogP contribution in [0.1, 0.15) is 37.8 Å². The number of carboxylic acid groups (broad SMARTS) is 2. The van der Waals surface area contributed by atoms with Gasteiger partial charge in [-0.3, -0.25) is 14.4 Å². The van der Waals surface area contributed by atoms with Crippen LogP contribution in [-0.4, -0.2) is 89.6 Å². The fraction of sp³-hybridized carbons (Fsp3) is 0.520. The number of nitrogen functional groups attached to an aromatic ring is 2. The van der Waals surface area contributed by atoms with Gasteiger partial charge in [-0.15, -0.1) is 23.1 Å². The molecule has 2 aromatic heterocycles. The molecule has 3 atom stereocenters. The van der Waals surface area contributed by atoms with Gasteiger partial charge in [0.05, 0.1) is 13.2 Å². The molecule has 2 saturated heterocycles. The number of oxime groups is 1. The molecule has 1 saturated carbocycles. The second kappa shape index (κ2) is 12.2. The highest BCUT2D eigenvalue weighted by Gasteiger charge is 2.58. The van der Waals surface area contributed by atoms with Gasteiger partial charge in [0.2, 0.25) is 17.3 Å². The first-order valence-electron chi connectivity index (χ1n) is 13.4. The lowest BCUT2D eigenvalue weighted by molar-refractivity contribution is -0.713. The molecule has 7 N–H and O–H groups in total. The van der Waals surface area contributed by atoms with E-state index in [1.165, 1.54) is 33.8 Å². The maximum absolute atomic E-state index is 13.4. The largest absolute Gasteiger partial charge is 0.481 e. The summed E-state index contributed by atoms with van der Waals surface area (Å²) in [5.41, 5.74) is 8.52. The first-order chi connectivity index (χ1) is 20.4. The highest BCUT2D eigenvalue weighted by Crippen LogP contribution is 2.44. The van der Waals surface area contributed by atoms with Gasteiger partial charge in [0, 0.05) is 42.3 Å². The average molecular weight is 652 g/mol. The number of anilines is 2. The van der Waals surface area contributed by atoms with E-state index in [9.17, 15) is 29.4 Å². The number of aryl methyl sites for hydroxylation is 1. The molecule has 5 rings (SSSR count). The zero-order chi connectivity index (χ0) is 30.9.